The number of pyridine rings is 1. The minimum Gasteiger partial charge on any atom is -0.387 e. The molecule has 1 aromatic rings. The smallest absolute Gasteiger partial charge is 0.267 e. The van der Waals surface area contributed by atoms with Crippen LogP contribution in [0.1, 0.15) is 34.5 Å². The van der Waals surface area contributed by atoms with Gasteiger partial charge in [-0.15, -0.1) is 0 Å². The molecule has 128 valence electrons. The van der Waals surface area contributed by atoms with Crippen molar-refractivity contribution in [3.8, 4) is 0 Å². The molecule has 0 aromatic carbocycles. The standard InChI is InChI=1S/C18H24N4O2/c1-12-16(18(19)23)21-11-15(13-4-3-7-20-10-13)17(12)22(2)14-5-8-24-9-6-14/h3-4,7,11,14,20H,5-6,8-10H2,1-2H3,(H2,19,23). The summed E-state index contributed by atoms with van der Waals surface area (Å²) in [6.45, 7) is 4.20. The second-order valence-corrected chi connectivity index (χ2v) is 6.24. The Balaban J connectivity index is 2.08. The quantitative estimate of drug-likeness (QED) is 0.877. The average molecular weight is 328 g/mol. The van der Waals surface area contributed by atoms with E-state index in [2.05, 4.69) is 28.3 Å². The fourth-order valence-electron chi connectivity index (χ4n) is 3.44. The van der Waals surface area contributed by atoms with E-state index in [1.165, 1.54) is 0 Å². The van der Waals surface area contributed by atoms with E-state index in [4.69, 9.17) is 10.5 Å². The lowest BCUT2D eigenvalue weighted by Gasteiger charge is -2.35. The number of amides is 1. The minimum absolute atomic E-state index is 0.340. The second-order valence-electron chi connectivity index (χ2n) is 6.24. The Labute approximate surface area is 142 Å². The topological polar surface area (TPSA) is 80.5 Å². The van der Waals surface area contributed by atoms with Crippen molar-refractivity contribution in [2.75, 3.05) is 31.7 Å². The average Bonchev–Trinajstić information content (AvgIpc) is 2.62. The van der Waals surface area contributed by atoms with E-state index in [9.17, 15) is 4.79 Å². The Bertz CT molecular complexity index is 691. The van der Waals surface area contributed by atoms with Crippen molar-refractivity contribution in [2.24, 2.45) is 5.73 Å². The molecule has 3 rings (SSSR count). The fourth-order valence-corrected chi connectivity index (χ4v) is 3.44. The predicted octanol–water partition coefficient (Wildman–Crippen LogP) is 1.60. The summed E-state index contributed by atoms with van der Waals surface area (Å²) >= 11 is 0. The molecule has 3 N–H and O–H groups in total. The van der Waals surface area contributed by atoms with Crippen LogP contribution in [0, 0.1) is 6.92 Å². The third-order valence-electron chi connectivity index (χ3n) is 4.76. The Hall–Kier alpha value is -2.34. The molecule has 1 aromatic heterocycles. The summed E-state index contributed by atoms with van der Waals surface area (Å²) in [5, 5.41) is 3.23. The number of carbonyl (C=O) groups is 1. The number of ether oxygens (including phenoxy) is 1. The summed E-state index contributed by atoms with van der Waals surface area (Å²) in [6, 6.07) is 0.381. The van der Waals surface area contributed by atoms with E-state index in [1.807, 2.05) is 19.2 Å². The minimum atomic E-state index is -0.490. The largest absolute Gasteiger partial charge is 0.387 e. The molecule has 1 saturated heterocycles. The molecule has 3 heterocycles. The molecule has 1 fully saturated rings. The van der Waals surface area contributed by atoms with E-state index in [1.54, 1.807) is 6.20 Å². The lowest BCUT2D eigenvalue weighted by Crippen LogP contribution is -2.38. The van der Waals surface area contributed by atoms with Gasteiger partial charge in [0.15, 0.2) is 0 Å². The molecular formula is C18H24N4O2. The Morgan fingerprint density at radius 2 is 2.17 bits per heavy atom. The molecule has 6 heteroatoms. The molecule has 0 aliphatic carbocycles. The van der Waals surface area contributed by atoms with E-state index in [-0.39, 0.29) is 0 Å². The van der Waals surface area contributed by atoms with Crippen LogP contribution in [-0.4, -0.2) is 43.7 Å². The number of carbonyl (C=O) groups excluding carboxylic acids is 1. The van der Waals surface area contributed by atoms with Gasteiger partial charge < -0.3 is 20.7 Å². The number of anilines is 1. The van der Waals surface area contributed by atoms with Crippen LogP contribution in [0.4, 0.5) is 5.69 Å². The van der Waals surface area contributed by atoms with Crippen LogP contribution in [0.3, 0.4) is 0 Å². The van der Waals surface area contributed by atoms with E-state index in [0.717, 1.165) is 55.0 Å². The van der Waals surface area contributed by atoms with E-state index < -0.39 is 5.91 Å². The second kappa shape index (κ2) is 7.05. The predicted molar refractivity (Wildman–Crippen MR) is 94.9 cm³/mol. The van der Waals surface area contributed by atoms with Gasteiger partial charge in [-0.05, 0) is 37.6 Å². The maximum absolute atomic E-state index is 11.7. The molecule has 0 unspecified atom stereocenters. The maximum atomic E-state index is 11.7. The number of aromatic nitrogens is 1. The normalized spacial score (nSPS) is 18.0. The fraction of sp³-hybridized carbons (Fsp3) is 0.444. The SMILES string of the molecule is Cc1c(C(N)=O)ncc(C2=CC=CNC2)c1N(C)C1CCOCC1. The Kier molecular flexibility index (Phi) is 4.85. The number of nitrogens with zero attached hydrogens (tertiary/aromatic N) is 2. The first-order chi connectivity index (χ1) is 11.6. The summed E-state index contributed by atoms with van der Waals surface area (Å²) in [5.74, 6) is -0.490. The molecule has 0 atom stereocenters. The number of dihydropyridines is 1. The van der Waals surface area contributed by atoms with Crippen LogP contribution >= 0.6 is 0 Å². The Morgan fingerprint density at radius 1 is 1.42 bits per heavy atom. The molecular weight excluding hydrogens is 304 g/mol. The van der Waals surface area contributed by atoms with Gasteiger partial charge in [-0.3, -0.25) is 9.78 Å². The van der Waals surface area contributed by atoms with Gasteiger partial charge in [0.05, 0.1) is 5.69 Å². The van der Waals surface area contributed by atoms with Gasteiger partial charge >= 0.3 is 0 Å². The van der Waals surface area contributed by atoms with Crippen LogP contribution in [0.2, 0.25) is 0 Å². The number of primary amides is 1. The zero-order valence-electron chi connectivity index (χ0n) is 14.2. The summed E-state index contributed by atoms with van der Waals surface area (Å²) in [6.07, 6.45) is 9.70. The zero-order valence-corrected chi connectivity index (χ0v) is 14.2. The van der Waals surface area contributed by atoms with Crippen molar-refractivity contribution in [3.05, 3.63) is 41.4 Å². The maximum Gasteiger partial charge on any atom is 0.267 e. The van der Waals surface area contributed by atoms with Crippen LogP contribution in [0.5, 0.6) is 0 Å². The van der Waals surface area contributed by atoms with E-state index >= 15 is 0 Å². The summed E-state index contributed by atoms with van der Waals surface area (Å²) in [5.41, 5.74) is 9.92. The van der Waals surface area contributed by atoms with Crippen LogP contribution in [0.15, 0.2) is 24.5 Å². The van der Waals surface area contributed by atoms with Gasteiger partial charge in [-0.2, -0.15) is 0 Å². The number of rotatable bonds is 4. The van der Waals surface area contributed by atoms with Crippen molar-refractivity contribution < 1.29 is 9.53 Å². The molecule has 0 bridgehead atoms. The highest BCUT2D eigenvalue weighted by Crippen LogP contribution is 2.34. The summed E-state index contributed by atoms with van der Waals surface area (Å²) in [4.78, 5) is 18.3. The lowest BCUT2D eigenvalue weighted by atomic mass is 9.97. The number of allylic oxidation sites excluding steroid dienone is 2. The van der Waals surface area contributed by atoms with Crippen molar-refractivity contribution in [1.29, 1.82) is 0 Å². The van der Waals surface area contributed by atoms with Crippen LogP contribution in [0.25, 0.3) is 5.57 Å². The molecule has 0 saturated carbocycles. The summed E-state index contributed by atoms with van der Waals surface area (Å²) < 4.78 is 5.48. The van der Waals surface area contributed by atoms with Crippen molar-refractivity contribution in [1.82, 2.24) is 10.3 Å². The van der Waals surface area contributed by atoms with Gasteiger partial charge in [0.25, 0.3) is 5.91 Å². The molecule has 2 aliphatic rings. The number of hydrogen-bond donors (Lipinski definition) is 2. The van der Waals surface area contributed by atoms with Gasteiger partial charge in [0.1, 0.15) is 5.69 Å². The number of nitrogens with two attached hydrogens (primary N) is 1. The molecule has 0 spiro atoms. The lowest BCUT2D eigenvalue weighted by molar-refractivity contribution is 0.0854. The first-order valence-electron chi connectivity index (χ1n) is 8.29. The third kappa shape index (κ3) is 3.14. The van der Waals surface area contributed by atoms with Gasteiger partial charge in [-0.1, -0.05) is 6.08 Å². The van der Waals surface area contributed by atoms with Gasteiger partial charge in [0, 0.05) is 50.2 Å². The van der Waals surface area contributed by atoms with E-state index in [0.29, 0.717) is 11.7 Å². The number of nitrogens with one attached hydrogen (secondary N) is 1. The highest BCUT2D eigenvalue weighted by Gasteiger charge is 2.25. The van der Waals surface area contributed by atoms with Crippen LogP contribution < -0.4 is 16.0 Å². The van der Waals surface area contributed by atoms with Crippen molar-refractivity contribution in [3.63, 3.8) is 0 Å². The molecule has 6 nitrogen and oxygen atoms in total. The van der Waals surface area contributed by atoms with Crippen molar-refractivity contribution in [2.45, 2.75) is 25.8 Å². The molecule has 24 heavy (non-hydrogen) atoms. The third-order valence-corrected chi connectivity index (χ3v) is 4.76. The zero-order chi connectivity index (χ0) is 17.1. The molecule has 0 radical (unpaired) electrons. The molecule has 2 aliphatic heterocycles. The van der Waals surface area contributed by atoms with Gasteiger partial charge in [0.2, 0.25) is 0 Å². The Morgan fingerprint density at radius 3 is 2.79 bits per heavy atom. The number of hydrogen-bond acceptors (Lipinski definition) is 5. The summed E-state index contributed by atoms with van der Waals surface area (Å²) in [7, 11) is 2.08. The molecule has 1 amide bonds. The highest BCUT2D eigenvalue weighted by atomic mass is 16.5. The highest BCUT2D eigenvalue weighted by molar-refractivity contribution is 5.95. The first-order valence-corrected chi connectivity index (χ1v) is 8.29. The van der Waals surface area contributed by atoms with Crippen LogP contribution in [-0.2, 0) is 4.74 Å². The monoisotopic (exact) mass is 328 g/mol. The van der Waals surface area contributed by atoms with Crippen molar-refractivity contribution >= 4 is 17.2 Å². The first kappa shape index (κ1) is 16.5. The van der Waals surface area contributed by atoms with Gasteiger partial charge in [-0.25, -0.2) is 0 Å².